The van der Waals surface area contributed by atoms with Crippen LogP contribution in [0.1, 0.15) is 27.2 Å². The average Bonchev–Trinajstić information content (AvgIpc) is 0.762. The highest BCUT2D eigenvalue weighted by atomic mass is 16.8. The SMILES string of the molecule is CC(=O)N[C@@H]1[C@@H](O[C@@H]2O[C@H](CO)[C@H](O)[C@H](O[C@@H]3O[C@H](CO)[C@@H](O[C@@H]4O[C@H](CO)[C@H](O)[C@H](O)[C@H]4O)[C@@H](O)[C@H]3NC(C)=O)[C@H]2O)[C@@H](O)[C@@H](CO[C@@H]2O[C@H](CO)[C@@H](O[C@@H]3O[C@H](CO)[C@H](O)[C@H](O[C@]4(C(=O)O)C[C@H](O)[C@@H](NC(=O)CO)[C@H]([C@H](O)[C@H](O)CO)O4)[C@H]3O)[C@H](O)[C@H]2NC(C)=O)O[C@@H]1O. The Morgan fingerprint density at radius 2 is 0.866 bits per heavy atom. The van der Waals surface area contributed by atoms with E-state index in [1.165, 1.54) is 0 Å². The standard InChI is InChI=1S/C53H88N4O40/c1-13(65)54-26-34(76)40(93-51-39(81)45(32(74)20(8-61)89-51)97-53(52(83)84)4-16(68)25(57-24(70)11-64)43(96-53)29(71)17(69)5-58)21(9-62)90-47(26)85-12-23-33(75)42(28(46(82)86-23)56-15(3)67)94-50-38(80)44(31(73)19(7-60)88-50)95-48-27(55-14(2)66)35(77)41(22(10-63)91-48)92-49-37(79)36(78)30(72)18(6-59)87-49/h16-23,25-51,58-64,68-69,71-82H,4-12H2,1-3H3,(H,54,65)(H,55,66)(H,56,67)(H,57,70)(H,83,84)/t16-,17+,18+,19+,20+,21+,22+,23+,25+,26+,27+,28+,29+,30-,31-,32-,33-,34+,35-,36-,37+,38+,39+,40+,41+,42+,43+,44-,45-,46-,47+,48-,49-,50-,51-,53-/m0/s1. The number of carboxylic acids is 1. The molecule has 7 saturated heterocycles. The normalized spacial score (nSPS) is 45.7. The van der Waals surface area contributed by atoms with Gasteiger partial charge in [-0.05, 0) is 0 Å². The van der Waals surface area contributed by atoms with E-state index in [0.717, 1.165) is 20.8 Å². The molecule has 0 radical (unpaired) electrons. The van der Waals surface area contributed by atoms with E-state index in [1.807, 2.05) is 0 Å². The van der Waals surface area contributed by atoms with Crippen LogP contribution in [-0.2, 0) is 85.6 Å². The molecule has 7 aliphatic rings. The van der Waals surface area contributed by atoms with Gasteiger partial charge < -0.3 is 195 Å². The van der Waals surface area contributed by atoms with Gasteiger partial charge in [-0.3, -0.25) is 19.2 Å². The van der Waals surface area contributed by atoms with Crippen molar-refractivity contribution in [3.8, 4) is 0 Å². The number of hydrogen-bond acceptors (Lipinski definition) is 39. The highest BCUT2D eigenvalue weighted by molar-refractivity contribution is 5.78. The number of rotatable bonds is 27. The van der Waals surface area contributed by atoms with Crippen molar-refractivity contribution in [1.29, 1.82) is 0 Å². The van der Waals surface area contributed by atoms with Gasteiger partial charge in [0.15, 0.2) is 37.7 Å². The Bertz CT molecular complexity index is 2560. The van der Waals surface area contributed by atoms with Gasteiger partial charge in [0.2, 0.25) is 23.6 Å². The number of hydrogen-bond donors (Lipinski definition) is 26. The van der Waals surface area contributed by atoms with E-state index in [9.17, 15) is 136 Å². The summed E-state index contributed by atoms with van der Waals surface area (Å²) in [5.74, 6) is -9.29. The first-order chi connectivity index (χ1) is 45.7. The molecule has 4 amide bonds. The minimum absolute atomic E-state index is 0.873. The molecule has 0 bridgehead atoms. The lowest BCUT2D eigenvalue weighted by Crippen LogP contribution is -2.71. The quantitative estimate of drug-likeness (QED) is 0.0363. The van der Waals surface area contributed by atoms with Crippen LogP contribution in [0.5, 0.6) is 0 Å². The molecule has 26 N–H and O–H groups in total. The number of carboxylic acid groups (broad SMARTS) is 1. The van der Waals surface area contributed by atoms with Crippen molar-refractivity contribution in [3.63, 3.8) is 0 Å². The van der Waals surface area contributed by atoms with Crippen molar-refractivity contribution in [1.82, 2.24) is 21.3 Å². The van der Waals surface area contributed by atoms with E-state index >= 15 is 0 Å². The van der Waals surface area contributed by atoms with Crippen LogP contribution in [0.25, 0.3) is 0 Å². The third kappa shape index (κ3) is 17.9. The molecule has 0 aliphatic carbocycles. The lowest BCUT2D eigenvalue weighted by atomic mass is 9.88. The highest BCUT2D eigenvalue weighted by Crippen LogP contribution is 2.40. The number of ether oxygens (including phenoxy) is 13. The Labute approximate surface area is 548 Å². The maximum absolute atomic E-state index is 13.1. The predicted molar refractivity (Wildman–Crippen MR) is 297 cm³/mol. The maximum Gasteiger partial charge on any atom is 0.364 e. The molecular formula is C53H88N4O40. The van der Waals surface area contributed by atoms with Crippen LogP contribution in [0.2, 0.25) is 0 Å². The number of carbonyl (C=O) groups excluding carboxylic acids is 4. The van der Waals surface area contributed by atoms with Gasteiger partial charge in [-0.1, -0.05) is 0 Å². The Balaban J connectivity index is 1.08. The minimum atomic E-state index is -3.28. The Morgan fingerprint density at radius 1 is 0.443 bits per heavy atom. The van der Waals surface area contributed by atoms with Crippen molar-refractivity contribution >= 4 is 29.6 Å². The van der Waals surface area contributed by atoms with Crippen LogP contribution in [0.3, 0.4) is 0 Å². The summed E-state index contributed by atoms with van der Waals surface area (Å²) < 4.78 is 74.8. The molecule has 7 aliphatic heterocycles. The van der Waals surface area contributed by atoms with Gasteiger partial charge in [0.25, 0.3) is 5.79 Å². The molecule has 0 unspecified atom stereocenters. The second-order valence-corrected chi connectivity index (χ2v) is 24.0. The fourth-order valence-electron chi connectivity index (χ4n) is 12.2. The van der Waals surface area contributed by atoms with Crippen molar-refractivity contribution < 1.29 is 198 Å². The first-order valence-electron chi connectivity index (χ1n) is 30.4. The minimum Gasteiger partial charge on any atom is -0.477 e. The lowest BCUT2D eigenvalue weighted by Gasteiger charge is -2.51. The van der Waals surface area contributed by atoms with Crippen molar-refractivity contribution in [2.24, 2.45) is 0 Å². The molecule has 0 saturated carbocycles. The molecule has 44 heteroatoms. The Morgan fingerprint density at radius 3 is 1.35 bits per heavy atom. The third-order valence-corrected chi connectivity index (χ3v) is 17.2. The second-order valence-electron chi connectivity index (χ2n) is 24.0. The van der Waals surface area contributed by atoms with E-state index < -0.39 is 309 Å². The molecule has 7 heterocycles. The fraction of sp³-hybridized carbons (Fsp3) is 0.906. The molecule has 7 fully saturated rings. The summed E-state index contributed by atoms with van der Waals surface area (Å²) in [4.78, 5) is 63.2. The first kappa shape index (κ1) is 80.3. The van der Waals surface area contributed by atoms with Crippen LogP contribution in [-0.4, -0.2) is 415 Å². The summed E-state index contributed by atoms with van der Waals surface area (Å²) in [5.41, 5.74) is 0. The van der Waals surface area contributed by atoms with Crippen LogP contribution in [0.15, 0.2) is 0 Å². The zero-order valence-corrected chi connectivity index (χ0v) is 51.8. The van der Waals surface area contributed by atoms with Gasteiger partial charge in [0.1, 0.15) is 171 Å². The van der Waals surface area contributed by atoms with Crippen LogP contribution >= 0.6 is 0 Å². The highest BCUT2D eigenvalue weighted by Gasteiger charge is 2.62. The molecule has 36 atom stereocenters. The number of aliphatic hydroxyl groups is 21. The summed E-state index contributed by atoms with van der Waals surface area (Å²) >= 11 is 0. The maximum atomic E-state index is 13.1. The van der Waals surface area contributed by atoms with Crippen LogP contribution < -0.4 is 21.3 Å². The van der Waals surface area contributed by atoms with Gasteiger partial charge in [-0.25, -0.2) is 4.79 Å². The number of amides is 4. The fourth-order valence-corrected chi connectivity index (χ4v) is 12.2. The molecule has 44 nitrogen and oxygen atoms in total. The number of nitrogens with one attached hydrogen (secondary N) is 4. The molecule has 0 spiro atoms. The molecular weight excluding hydrogens is 1330 g/mol. The number of carbonyl (C=O) groups is 5. The van der Waals surface area contributed by atoms with Gasteiger partial charge in [0.05, 0.1) is 58.4 Å². The predicted octanol–water partition coefficient (Wildman–Crippen LogP) is -17.5. The first-order valence-corrected chi connectivity index (χ1v) is 30.4. The van der Waals surface area contributed by atoms with E-state index in [0.29, 0.717) is 0 Å². The Kier molecular flexibility index (Phi) is 28.8. The molecule has 7 rings (SSSR count). The monoisotopic (exact) mass is 1420 g/mol. The van der Waals surface area contributed by atoms with Gasteiger partial charge in [0, 0.05) is 27.2 Å². The zero-order valence-electron chi connectivity index (χ0n) is 51.8. The third-order valence-electron chi connectivity index (χ3n) is 17.2. The Hall–Kier alpha value is -4.01. The number of aliphatic carboxylic acids is 1. The van der Waals surface area contributed by atoms with E-state index in [2.05, 4.69) is 21.3 Å². The molecule has 0 aromatic heterocycles. The van der Waals surface area contributed by atoms with Gasteiger partial charge >= 0.3 is 5.97 Å². The van der Waals surface area contributed by atoms with E-state index in [-0.39, 0.29) is 0 Å². The smallest absolute Gasteiger partial charge is 0.364 e. The molecule has 0 aromatic rings. The summed E-state index contributed by atoms with van der Waals surface area (Å²) in [6, 6.07) is -7.30. The average molecular weight is 1420 g/mol. The van der Waals surface area contributed by atoms with E-state index in [4.69, 9.17) is 61.6 Å². The van der Waals surface area contributed by atoms with Crippen molar-refractivity contribution in [3.05, 3.63) is 0 Å². The van der Waals surface area contributed by atoms with Gasteiger partial charge in [-0.15, -0.1) is 0 Å². The summed E-state index contributed by atoms with van der Waals surface area (Å²) in [6.45, 7) is -5.82. The number of aliphatic hydroxyl groups excluding tert-OH is 21. The van der Waals surface area contributed by atoms with Crippen LogP contribution in [0.4, 0.5) is 0 Å². The largest absolute Gasteiger partial charge is 0.477 e. The lowest BCUT2D eigenvalue weighted by molar-refractivity contribution is -0.384. The van der Waals surface area contributed by atoms with Crippen LogP contribution in [0, 0.1) is 0 Å². The summed E-state index contributed by atoms with van der Waals surface area (Å²) in [7, 11) is 0. The molecule has 0 aromatic carbocycles. The summed E-state index contributed by atoms with van der Waals surface area (Å²) in [6.07, 6.45) is -64.9. The van der Waals surface area contributed by atoms with E-state index in [1.54, 1.807) is 0 Å². The molecule has 560 valence electrons. The van der Waals surface area contributed by atoms with Crippen molar-refractivity contribution in [2.75, 3.05) is 52.9 Å². The molecule has 97 heavy (non-hydrogen) atoms. The van der Waals surface area contributed by atoms with Gasteiger partial charge in [-0.2, -0.15) is 0 Å². The second kappa shape index (κ2) is 34.8. The van der Waals surface area contributed by atoms with Crippen molar-refractivity contribution in [2.45, 2.75) is 247 Å². The summed E-state index contributed by atoms with van der Waals surface area (Å²) in [5, 5.41) is 247. The topological polar surface area (TPSA) is 699 Å². The zero-order chi connectivity index (χ0) is 72.0.